The summed E-state index contributed by atoms with van der Waals surface area (Å²) in [4.78, 5) is 68.1. The Morgan fingerprint density at radius 1 is 1.08 bits per heavy atom. The van der Waals surface area contributed by atoms with Gasteiger partial charge in [0.1, 0.15) is 17.4 Å². The zero-order valence-electron chi connectivity index (χ0n) is 28.8. The summed E-state index contributed by atoms with van der Waals surface area (Å²) in [5.41, 5.74) is 4.58. The highest BCUT2D eigenvalue weighted by molar-refractivity contribution is 7.52. The standard InChI is InChI=1S/C32H39N6O12P/c1-7-24(40)46-26-27(47-25(41)8-2)32(36-37-33,48-28(26)38-17-16-23(39)34-30(38)43)18-45-51(44,35-19(3)29(42)49-31(4,5)6)50-22-15-11-13-20-12-9-10-14-21(20)22/h9-17,19,26-28H,7-8,18H2,1-6H3,(H,35,44)(H,34,39,43)/t19-,26+,27-,28+,32+,51?/m0/s1. The first-order valence-electron chi connectivity index (χ1n) is 15.9. The molecule has 1 aromatic heterocycles. The topological polar surface area (TPSA) is 239 Å². The van der Waals surface area contributed by atoms with Gasteiger partial charge < -0.3 is 23.5 Å². The van der Waals surface area contributed by atoms with Crippen molar-refractivity contribution in [1.29, 1.82) is 0 Å². The van der Waals surface area contributed by atoms with E-state index in [1.54, 1.807) is 57.2 Å². The molecule has 6 atom stereocenters. The van der Waals surface area contributed by atoms with E-state index in [9.17, 15) is 34.1 Å². The number of nitrogens with zero attached hydrogens (tertiary/aromatic N) is 4. The van der Waals surface area contributed by atoms with Crippen LogP contribution in [0.25, 0.3) is 21.2 Å². The molecule has 2 N–H and O–H groups in total. The molecule has 0 spiro atoms. The van der Waals surface area contributed by atoms with Gasteiger partial charge in [0.25, 0.3) is 5.56 Å². The van der Waals surface area contributed by atoms with E-state index < -0.39 is 79.3 Å². The van der Waals surface area contributed by atoms with E-state index in [0.717, 1.165) is 16.8 Å². The Bertz CT molecular complexity index is 1980. The normalized spacial score (nSPS) is 21.9. The minimum Gasteiger partial charge on any atom is -0.459 e. The summed E-state index contributed by atoms with van der Waals surface area (Å²) >= 11 is 0. The number of nitrogens with one attached hydrogen (secondary N) is 2. The van der Waals surface area contributed by atoms with Gasteiger partial charge in [-0.3, -0.25) is 33.3 Å². The van der Waals surface area contributed by atoms with E-state index >= 15 is 0 Å². The van der Waals surface area contributed by atoms with Crippen LogP contribution in [-0.2, 0) is 42.4 Å². The van der Waals surface area contributed by atoms with Gasteiger partial charge in [-0.25, -0.2) is 9.36 Å². The number of aromatic nitrogens is 2. The molecule has 1 aliphatic rings. The number of esters is 3. The number of benzene rings is 2. The molecule has 0 saturated carbocycles. The Kier molecular flexibility index (Phi) is 12.1. The van der Waals surface area contributed by atoms with Crippen molar-refractivity contribution in [1.82, 2.24) is 14.6 Å². The van der Waals surface area contributed by atoms with Crippen molar-refractivity contribution < 1.29 is 46.9 Å². The predicted octanol–water partition coefficient (Wildman–Crippen LogP) is 4.39. The van der Waals surface area contributed by atoms with Crippen LogP contribution in [0.2, 0.25) is 0 Å². The number of azide groups is 1. The number of carbonyl (C=O) groups excluding carboxylic acids is 3. The molecule has 18 nitrogen and oxygen atoms in total. The Balaban J connectivity index is 1.83. The van der Waals surface area contributed by atoms with Gasteiger partial charge in [-0.05, 0) is 44.7 Å². The van der Waals surface area contributed by atoms with Gasteiger partial charge in [-0.1, -0.05) is 55.4 Å². The molecule has 2 heterocycles. The van der Waals surface area contributed by atoms with Crippen molar-refractivity contribution >= 4 is 36.4 Å². The lowest BCUT2D eigenvalue weighted by atomic mass is 10.0. The van der Waals surface area contributed by atoms with E-state index in [-0.39, 0.29) is 18.6 Å². The Hall–Kier alpha value is -4.99. The number of hydrogen-bond acceptors (Lipinski definition) is 13. The average Bonchev–Trinajstić information content (AvgIpc) is 3.34. The third kappa shape index (κ3) is 9.42. The summed E-state index contributed by atoms with van der Waals surface area (Å²) in [7, 11) is -4.75. The Morgan fingerprint density at radius 3 is 2.39 bits per heavy atom. The summed E-state index contributed by atoms with van der Waals surface area (Å²) in [5, 5.41) is 7.52. The minimum absolute atomic E-state index is 0.0758. The summed E-state index contributed by atoms with van der Waals surface area (Å²) in [6.07, 6.45) is -4.49. The minimum atomic E-state index is -4.75. The zero-order chi connectivity index (χ0) is 37.6. The molecule has 0 bridgehead atoms. The largest absolute Gasteiger partial charge is 0.459 e. The van der Waals surface area contributed by atoms with E-state index in [2.05, 4.69) is 15.1 Å². The maximum atomic E-state index is 14.7. The lowest BCUT2D eigenvalue weighted by molar-refractivity contribution is -0.172. The summed E-state index contributed by atoms with van der Waals surface area (Å²) in [6.45, 7) is 8.21. The number of hydrogen-bond donors (Lipinski definition) is 2. The van der Waals surface area contributed by atoms with E-state index in [1.807, 2.05) is 4.98 Å². The predicted molar refractivity (Wildman–Crippen MR) is 180 cm³/mol. The van der Waals surface area contributed by atoms with E-state index in [4.69, 9.17) is 28.0 Å². The second kappa shape index (κ2) is 15.9. The first-order valence-corrected chi connectivity index (χ1v) is 17.4. The third-order valence-corrected chi connectivity index (χ3v) is 8.92. The van der Waals surface area contributed by atoms with Crippen molar-refractivity contribution in [2.45, 2.75) is 90.2 Å². The van der Waals surface area contributed by atoms with Gasteiger partial charge in [0.2, 0.25) is 5.72 Å². The maximum Gasteiger partial charge on any atom is 0.459 e. The van der Waals surface area contributed by atoms with Crippen LogP contribution in [0, 0.1) is 0 Å². The molecule has 1 fully saturated rings. The van der Waals surface area contributed by atoms with E-state index in [0.29, 0.717) is 10.8 Å². The van der Waals surface area contributed by atoms with Crippen LogP contribution in [0.1, 0.15) is 60.6 Å². The van der Waals surface area contributed by atoms with E-state index in [1.165, 1.54) is 26.8 Å². The Labute approximate surface area is 291 Å². The van der Waals surface area contributed by atoms with Crippen LogP contribution in [-0.4, -0.2) is 63.6 Å². The molecule has 51 heavy (non-hydrogen) atoms. The van der Waals surface area contributed by atoms with Crippen LogP contribution in [0.15, 0.2) is 69.4 Å². The van der Waals surface area contributed by atoms with Crippen molar-refractivity contribution in [2.75, 3.05) is 6.61 Å². The first-order chi connectivity index (χ1) is 24.0. The number of rotatable bonds is 14. The molecule has 0 aliphatic carbocycles. The molecule has 19 heteroatoms. The van der Waals surface area contributed by atoms with Gasteiger partial charge in [0.05, 0.1) is 6.61 Å². The maximum absolute atomic E-state index is 14.7. The highest BCUT2D eigenvalue weighted by atomic mass is 31.2. The number of H-pyrrole nitrogens is 1. The van der Waals surface area contributed by atoms with Gasteiger partial charge in [-0.2, -0.15) is 5.09 Å². The Morgan fingerprint density at radius 2 is 1.75 bits per heavy atom. The first kappa shape index (κ1) is 38.8. The van der Waals surface area contributed by atoms with Gasteiger partial charge in [0, 0.05) is 35.4 Å². The molecule has 3 aromatic rings. The SMILES string of the molecule is CCC(=O)O[C@H]1[C@H](n2ccc(=O)[nH]c2=O)O[C@@](COP(=O)(N[C@@H](C)C(=O)OC(C)(C)C)Oc2cccc3ccccc23)(N=[N+]=[N-])[C@H]1OC(=O)CC. The molecule has 0 amide bonds. The van der Waals surface area contributed by atoms with Gasteiger partial charge in [-0.15, -0.1) is 0 Å². The zero-order valence-corrected chi connectivity index (χ0v) is 29.7. The van der Waals surface area contributed by atoms with Crippen molar-refractivity contribution in [3.8, 4) is 5.75 Å². The smallest absolute Gasteiger partial charge is 0.459 e. The number of aromatic amines is 1. The molecule has 2 aromatic carbocycles. The lowest BCUT2D eigenvalue weighted by Crippen LogP contribution is -2.49. The number of fused-ring (bicyclic) bond motifs is 1. The van der Waals surface area contributed by atoms with Crippen molar-refractivity contribution in [2.24, 2.45) is 5.11 Å². The summed E-state index contributed by atoms with van der Waals surface area (Å²) < 4.78 is 50.1. The highest BCUT2D eigenvalue weighted by Gasteiger charge is 2.61. The van der Waals surface area contributed by atoms with Crippen LogP contribution < -0.4 is 20.9 Å². The van der Waals surface area contributed by atoms with Gasteiger partial charge in [0.15, 0.2) is 18.4 Å². The fraction of sp³-hybridized carbons (Fsp3) is 0.469. The molecule has 1 saturated heterocycles. The molecule has 1 aliphatic heterocycles. The fourth-order valence-corrected chi connectivity index (χ4v) is 6.52. The highest BCUT2D eigenvalue weighted by Crippen LogP contribution is 2.50. The second-order valence-electron chi connectivity index (χ2n) is 12.4. The molecule has 1 unspecified atom stereocenters. The third-order valence-electron chi connectivity index (χ3n) is 7.31. The average molecular weight is 731 g/mol. The molecule has 0 radical (unpaired) electrons. The molecular weight excluding hydrogens is 691 g/mol. The fourth-order valence-electron chi connectivity index (χ4n) is 4.98. The van der Waals surface area contributed by atoms with Crippen LogP contribution in [0.3, 0.4) is 0 Å². The second-order valence-corrected chi connectivity index (χ2v) is 14.0. The molecule has 274 valence electrons. The van der Waals surface area contributed by atoms with Crippen molar-refractivity contribution in [3.05, 3.63) is 86.0 Å². The van der Waals surface area contributed by atoms with Crippen LogP contribution in [0.4, 0.5) is 0 Å². The quantitative estimate of drug-likeness (QED) is 0.0585. The molecule has 4 rings (SSSR count). The van der Waals surface area contributed by atoms with Crippen LogP contribution in [0.5, 0.6) is 5.75 Å². The monoisotopic (exact) mass is 730 g/mol. The van der Waals surface area contributed by atoms with Crippen LogP contribution >= 0.6 is 7.75 Å². The van der Waals surface area contributed by atoms with Crippen molar-refractivity contribution in [3.63, 3.8) is 0 Å². The number of ether oxygens (including phenoxy) is 4. The number of carbonyl (C=O) groups is 3. The van der Waals surface area contributed by atoms with Gasteiger partial charge >= 0.3 is 31.3 Å². The summed E-state index contributed by atoms with van der Waals surface area (Å²) in [5.74, 6) is -2.42. The molecular formula is C32H39N6O12P. The summed E-state index contributed by atoms with van der Waals surface area (Å²) in [6, 6.07) is 11.6. The lowest BCUT2D eigenvalue weighted by Gasteiger charge is -2.32.